The fourth-order valence-electron chi connectivity index (χ4n) is 1.04. The highest BCUT2D eigenvalue weighted by Crippen LogP contribution is 2.27. The van der Waals surface area contributed by atoms with Crippen molar-refractivity contribution in [3.05, 3.63) is 27.1 Å². The second-order valence-electron chi connectivity index (χ2n) is 2.61. The molecule has 2 rings (SSSR count). The molecule has 0 fully saturated rings. The van der Waals surface area contributed by atoms with E-state index in [1.165, 1.54) is 11.5 Å². The number of rotatable bonds is 1. The smallest absolute Gasteiger partial charge is 0.200 e. The highest BCUT2D eigenvalue weighted by molar-refractivity contribution is 9.11. The van der Waals surface area contributed by atoms with Crippen LogP contribution in [0.2, 0.25) is 0 Å². The van der Waals surface area contributed by atoms with Gasteiger partial charge in [0.2, 0.25) is 0 Å². The van der Waals surface area contributed by atoms with Crippen LogP contribution in [-0.4, -0.2) is 9.36 Å². The third-order valence-corrected chi connectivity index (χ3v) is 3.02. The van der Waals surface area contributed by atoms with Crippen molar-refractivity contribution in [1.82, 2.24) is 9.36 Å². The minimum Gasteiger partial charge on any atom is -0.374 e. The van der Waals surface area contributed by atoms with Crippen LogP contribution in [0.4, 0.5) is 5.13 Å². The van der Waals surface area contributed by atoms with E-state index in [0.29, 0.717) is 11.0 Å². The molecule has 0 spiro atoms. The molecule has 0 saturated carbocycles. The Morgan fingerprint density at radius 3 is 2.29 bits per heavy atom. The summed E-state index contributed by atoms with van der Waals surface area (Å²) < 4.78 is 6.10. The fraction of sp³-hybridized carbons (Fsp3) is 0. The Kier molecular flexibility index (Phi) is 2.85. The molecular weight excluding hydrogens is 330 g/mol. The van der Waals surface area contributed by atoms with Crippen molar-refractivity contribution in [2.45, 2.75) is 0 Å². The van der Waals surface area contributed by atoms with E-state index >= 15 is 0 Å². The standard InChI is InChI=1S/C8H5Br2N3S/c9-5-1-4(2-6(10)3-5)7-12-8(11)14-13-7/h1-3H,(H2,11,12,13). The minimum atomic E-state index is 0.482. The van der Waals surface area contributed by atoms with Gasteiger partial charge in [0.25, 0.3) is 0 Å². The number of hydrogen-bond donors (Lipinski definition) is 1. The molecule has 0 radical (unpaired) electrons. The lowest BCUT2D eigenvalue weighted by Gasteiger charge is -1.98. The first kappa shape index (κ1) is 10.1. The molecule has 0 unspecified atom stereocenters. The lowest BCUT2D eigenvalue weighted by Crippen LogP contribution is -1.84. The molecule has 1 aromatic carbocycles. The molecule has 0 bridgehead atoms. The summed E-state index contributed by atoms with van der Waals surface area (Å²) in [6.07, 6.45) is 0. The first-order chi connectivity index (χ1) is 6.65. The van der Waals surface area contributed by atoms with Crippen molar-refractivity contribution in [2.75, 3.05) is 5.73 Å². The number of nitrogen functional groups attached to an aromatic ring is 1. The second-order valence-corrected chi connectivity index (χ2v) is 5.23. The molecular formula is C8H5Br2N3S. The van der Waals surface area contributed by atoms with Gasteiger partial charge in [-0.15, -0.1) is 0 Å². The molecule has 14 heavy (non-hydrogen) atoms. The molecule has 1 aromatic heterocycles. The molecule has 0 aliphatic rings. The van der Waals surface area contributed by atoms with E-state index in [-0.39, 0.29) is 0 Å². The average Bonchev–Trinajstić information content (AvgIpc) is 2.50. The zero-order valence-corrected chi connectivity index (χ0v) is 10.9. The Balaban J connectivity index is 2.51. The van der Waals surface area contributed by atoms with E-state index in [0.717, 1.165) is 14.5 Å². The predicted molar refractivity (Wildman–Crippen MR) is 65.2 cm³/mol. The van der Waals surface area contributed by atoms with E-state index in [1.54, 1.807) is 0 Å². The zero-order valence-electron chi connectivity index (χ0n) is 6.87. The van der Waals surface area contributed by atoms with Crippen LogP contribution in [-0.2, 0) is 0 Å². The van der Waals surface area contributed by atoms with E-state index in [4.69, 9.17) is 5.73 Å². The summed E-state index contributed by atoms with van der Waals surface area (Å²) in [5.41, 5.74) is 6.46. The normalized spacial score (nSPS) is 10.4. The second kappa shape index (κ2) is 3.96. The van der Waals surface area contributed by atoms with E-state index in [1.807, 2.05) is 18.2 Å². The summed E-state index contributed by atoms with van der Waals surface area (Å²) in [4.78, 5) is 4.11. The molecule has 72 valence electrons. The summed E-state index contributed by atoms with van der Waals surface area (Å²) in [7, 11) is 0. The van der Waals surface area contributed by atoms with Gasteiger partial charge in [-0.05, 0) is 18.2 Å². The van der Waals surface area contributed by atoms with E-state index in [2.05, 4.69) is 41.2 Å². The van der Waals surface area contributed by atoms with Crippen LogP contribution in [0.25, 0.3) is 11.4 Å². The molecule has 1 heterocycles. The molecule has 2 N–H and O–H groups in total. The van der Waals surface area contributed by atoms with Crippen molar-refractivity contribution in [3.63, 3.8) is 0 Å². The van der Waals surface area contributed by atoms with Crippen LogP contribution >= 0.6 is 43.4 Å². The van der Waals surface area contributed by atoms with E-state index < -0.39 is 0 Å². The third kappa shape index (κ3) is 2.13. The molecule has 3 nitrogen and oxygen atoms in total. The first-order valence-corrected chi connectivity index (χ1v) is 6.07. The maximum absolute atomic E-state index is 5.51. The summed E-state index contributed by atoms with van der Waals surface area (Å²) in [5, 5.41) is 0.482. The van der Waals surface area contributed by atoms with Crippen LogP contribution in [0, 0.1) is 0 Å². The molecule has 2 aromatic rings. The van der Waals surface area contributed by atoms with Gasteiger partial charge in [0.15, 0.2) is 11.0 Å². The van der Waals surface area contributed by atoms with Gasteiger partial charge in [0.05, 0.1) is 0 Å². The van der Waals surface area contributed by atoms with Crippen LogP contribution in [0.3, 0.4) is 0 Å². The Morgan fingerprint density at radius 2 is 1.79 bits per heavy atom. The van der Waals surface area contributed by atoms with Gasteiger partial charge in [-0.25, -0.2) is 0 Å². The lowest BCUT2D eigenvalue weighted by atomic mass is 10.2. The maximum atomic E-state index is 5.51. The summed E-state index contributed by atoms with van der Waals surface area (Å²) in [6, 6.07) is 5.86. The van der Waals surface area contributed by atoms with Gasteiger partial charge in [-0.3, -0.25) is 0 Å². The van der Waals surface area contributed by atoms with Crippen molar-refractivity contribution in [3.8, 4) is 11.4 Å². The van der Waals surface area contributed by atoms with Gasteiger partial charge >= 0.3 is 0 Å². The molecule has 0 saturated heterocycles. The Bertz CT molecular complexity index is 449. The average molecular weight is 335 g/mol. The van der Waals surface area contributed by atoms with Crippen molar-refractivity contribution in [2.24, 2.45) is 0 Å². The van der Waals surface area contributed by atoms with Crippen LogP contribution in [0.1, 0.15) is 0 Å². The zero-order chi connectivity index (χ0) is 10.1. The van der Waals surface area contributed by atoms with Crippen LogP contribution in [0.15, 0.2) is 27.1 Å². The summed E-state index contributed by atoms with van der Waals surface area (Å²) in [6.45, 7) is 0. The number of benzene rings is 1. The van der Waals surface area contributed by atoms with Crippen molar-refractivity contribution < 1.29 is 0 Å². The number of halogens is 2. The van der Waals surface area contributed by atoms with Gasteiger partial charge in [-0.2, -0.15) is 9.36 Å². The topological polar surface area (TPSA) is 51.8 Å². The van der Waals surface area contributed by atoms with Crippen molar-refractivity contribution >= 4 is 48.5 Å². The molecule has 0 atom stereocenters. The number of hydrogen-bond acceptors (Lipinski definition) is 4. The van der Waals surface area contributed by atoms with Gasteiger partial charge in [-0.1, -0.05) is 31.9 Å². The monoisotopic (exact) mass is 333 g/mol. The SMILES string of the molecule is Nc1nc(-c2cc(Br)cc(Br)c2)ns1. The van der Waals surface area contributed by atoms with Gasteiger partial charge in [0, 0.05) is 26.0 Å². The highest BCUT2D eigenvalue weighted by atomic mass is 79.9. The summed E-state index contributed by atoms with van der Waals surface area (Å²) in [5.74, 6) is 0.662. The highest BCUT2D eigenvalue weighted by Gasteiger charge is 2.05. The third-order valence-electron chi connectivity index (χ3n) is 1.56. The Morgan fingerprint density at radius 1 is 1.14 bits per heavy atom. The summed E-state index contributed by atoms with van der Waals surface area (Å²) >= 11 is 8.00. The van der Waals surface area contributed by atoms with Gasteiger partial charge < -0.3 is 5.73 Å². The van der Waals surface area contributed by atoms with Crippen LogP contribution in [0.5, 0.6) is 0 Å². The number of aromatic nitrogens is 2. The number of anilines is 1. The predicted octanol–water partition coefficient (Wildman–Crippen LogP) is 3.31. The molecule has 0 aliphatic heterocycles. The fourth-order valence-corrected chi connectivity index (χ4v) is 2.78. The van der Waals surface area contributed by atoms with Crippen molar-refractivity contribution in [1.29, 1.82) is 0 Å². The minimum absolute atomic E-state index is 0.482. The number of nitrogens with zero attached hydrogens (tertiary/aromatic N) is 2. The van der Waals surface area contributed by atoms with Crippen LogP contribution < -0.4 is 5.73 Å². The molecule has 0 aliphatic carbocycles. The quantitative estimate of drug-likeness (QED) is 0.870. The maximum Gasteiger partial charge on any atom is 0.200 e. The lowest BCUT2D eigenvalue weighted by molar-refractivity contribution is 1.32. The largest absolute Gasteiger partial charge is 0.374 e. The Labute approximate surface area is 102 Å². The number of nitrogens with two attached hydrogens (primary N) is 1. The van der Waals surface area contributed by atoms with Gasteiger partial charge in [0.1, 0.15) is 0 Å². The first-order valence-electron chi connectivity index (χ1n) is 3.71. The Hall–Kier alpha value is -0.460. The molecule has 6 heteroatoms. The molecule has 0 amide bonds. The van der Waals surface area contributed by atoms with E-state index in [9.17, 15) is 0 Å².